The Hall–Kier alpha value is -3.40. The molecule has 0 atom stereocenters. The van der Waals surface area contributed by atoms with Gasteiger partial charge in [-0.25, -0.2) is 4.68 Å². The molecule has 0 aliphatic carbocycles. The number of hydrogen-bond donors (Lipinski definition) is 2. The molecule has 10 nitrogen and oxygen atoms in total. The Kier molecular flexibility index (Phi) is 7.59. The molecule has 10 heteroatoms. The summed E-state index contributed by atoms with van der Waals surface area (Å²) in [5.74, 6) is 1.72. The zero-order chi connectivity index (χ0) is 26.9. The van der Waals surface area contributed by atoms with Crippen LogP contribution in [0.25, 0.3) is 5.65 Å². The predicted molar refractivity (Wildman–Crippen MR) is 141 cm³/mol. The summed E-state index contributed by atoms with van der Waals surface area (Å²) in [6.45, 7) is 12.3. The van der Waals surface area contributed by atoms with Gasteiger partial charge in [0.2, 0.25) is 5.62 Å². The fourth-order valence-corrected chi connectivity index (χ4v) is 4.70. The van der Waals surface area contributed by atoms with E-state index in [-0.39, 0.29) is 30.0 Å². The molecular formula is C27H38N6O4. The van der Waals surface area contributed by atoms with Gasteiger partial charge in [-0.05, 0) is 44.2 Å². The highest BCUT2D eigenvalue weighted by molar-refractivity contribution is 5.97. The standard InChI is InChI=1S/C27H38N6O4/c1-17-18(2)25-29-32(26(28)33(25)30-24(17)31-10-7-8-11-31)16-21(35)19-14-20(27(3,4)5)23(36-6)22(15-19)37-13-9-12-34/h14-15,28,34H,7-13,16H2,1-6H3. The Morgan fingerprint density at radius 1 is 1.14 bits per heavy atom. The Morgan fingerprint density at radius 3 is 2.46 bits per heavy atom. The van der Waals surface area contributed by atoms with Crippen LogP contribution in [0.1, 0.15) is 67.1 Å². The summed E-state index contributed by atoms with van der Waals surface area (Å²) in [6, 6.07) is 3.51. The van der Waals surface area contributed by atoms with E-state index in [1.165, 1.54) is 9.20 Å². The summed E-state index contributed by atoms with van der Waals surface area (Å²) >= 11 is 0. The van der Waals surface area contributed by atoms with E-state index in [4.69, 9.17) is 25.1 Å². The minimum atomic E-state index is -0.307. The molecule has 1 fully saturated rings. The number of anilines is 1. The van der Waals surface area contributed by atoms with Gasteiger partial charge < -0.3 is 19.5 Å². The molecule has 1 saturated heterocycles. The lowest BCUT2D eigenvalue weighted by atomic mass is 9.84. The summed E-state index contributed by atoms with van der Waals surface area (Å²) < 4.78 is 14.5. The van der Waals surface area contributed by atoms with E-state index in [9.17, 15) is 4.79 Å². The van der Waals surface area contributed by atoms with Crippen molar-refractivity contribution in [2.24, 2.45) is 0 Å². The van der Waals surface area contributed by atoms with E-state index in [0.29, 0.717) is 35.7 Å². The zero-order valence-corrected chi connectivity index (χ0v) is 22.7. The summed E-state index contributed by atoms with van der Waals surface area (Å²) in [7, 11) is 1.58. The molecule has 3 heterocycles. The van der Waals surface area contributed by atoms with E-state index in [2.05, 4.69) is 10.00 Å². The van der Waals surface area contributed by atoms with E-state index in [1.54, 1.807) is 13.2 Å². The molecule has 0 amide bonds. The number of aryl methyl sites for hydroxylation is 1. The third-order valence-electron chi connectivity index (χ3n) is 6.94. The molecule has 2 aromatic heterocycles. The number of aliphatic hydroxyl groups excluding tert-OH is 1. The Bertz CT molecular complexity index is 1360. The smallest absolute Gasteiger partial charge is 0.242 e. The van der Waals surface area contributed by atoms with Crippen LogP contribution in [0.5, 0.6) is 11.5 Å². The second kappa shape index (κ2) is 10.5. The highest BCUT2D eigenvalue weighted by Gasteiger charge is 2.26. The van der Waals surface area contributed by atoms with Crippen LogP contribution in [0.15, 0.2) is 12.1 Å². The average molecular weight is 511 g/mol. The summed E-state index contributed by atoms with van der Waals surface area (Å²) in [4.78, 5) is 15.8. The Balaban J connectivity index is 1.72. The maximum absolute atomic E-state index is 13.5. The number of methoxy groups -OCH3 is 1. The van der Waals surface area contributed by atoms with Gasteiger partial charge in [0, 0.05) is 48.4 Å². The fourth-order valence-electron chi connectivity index (χ4n) is 4.70. The topological polar surface area (TPSA) is 118 Å². The number of fused-ring (bicyclic) bond motifs is 1. The number of rotatable bonds is 9. The van der Waals surface area contributed by atoms with Gasteiger partial charge >= 0.3 is 0 Å². The van der Waals surface area contributed by atoms with E-state index >= 15 is 0 Å². The van der Waals surface area contributed by atoms with Crippen LogP contribution in [0.4, 0.5) is 5.82 Å². The molecule has 0 spiro atoms. The summed E-state index contributed by atoms with van der Waals surface area (Å²) in [5.41, 5.74) is 3.62. The first kappa shape index (κ1) is 26.7. The SMILES string of the molecule is COc1c(OCCCO)cc(C(=O)Cn2nc3c(C)c(C)c(N4CCCC4)nn3c2=N)cc1C(C)(C)C. The molecule has 0 radical (unpaired) electrons. The zero-order valence-electron chi connectivity index (χ0n) is 22.7. The third-order valence-corrected chi connectivity index (χ3v) is 6.94. The average Bonchev–Trinajstić information content (AvgIpc) is 3.49. The largest absolute Gasteiger partial charge is 0.493 e. The maximum Gasteiger partial charge on any atom is 0.242 e. The van der Waals surface area contributed by atoms with Gasteiger partial charge in [0.15, 0.2) is 28.7 Å². The number of carbonyl (C=O) groups excluding carboxylic acids is 1. The Morgan fingerprint density at radius 2 is 1.84 bits per heavy atom. The number of benzene rings is 1. The molecule has 1 aliphatic rings. The predicted octanol–water partition coefficient (Wildman–Crippen LogP) is 3.18. The minimum absolute atomic E-state index is 0.0102. The number of aromatic nitrogens is 4. The van der Waals surface area contributed by atoms with Gasteiger partial charge in [0.1, 0.15) is 6.54 Å². The van der Waals surface area contributed by atoms with Crippen LogP contribution in [0.2, 0.25) is 0 Å². The lowest BCUT2D eigenvalue weighted by Gasteiger charge is -2.25. The molecular weight excluding hydrogens is 472 g/mol. The number of ether oxygens (including phenoxy) is 2. The van der Waals surface area contributed by atoms with Gasteiger partial charge in [-0.3, -0.25) is 10.2 Å². The molecule has 0 saturated carbocycles. The van der Waals surface area contributed by atoms with Crippen LogP contribution in [-0.4, -0.2) is 63.7 Å². The van der Waals surface area contributed by atoms with Gasteiger partial charge in [-0.15, -0.1) is 10.2 Å². The number of hydrogen-bond acceptors (Lipinski definition) is 8. The Labute approximate surface area is 217 Å². The number of carbonyl (C=O) groups is 1. The lowest BCUT2D eigenvalue weighted by molar-refractivity contribution is 0.0964. The molecule has 1 aliphatic heterocycles. The van der Waals surface area contributed by atoms with Crippen molar-refractivity contribution in [2.45, 2.75) is 65.8 Å². The summed E-state index contributed by atoms with van der Waals surface area (Å²) in [5, 5.41) is 27.2. The highest BCUT2D eigenvalue weighted by Crippen LogP contribution is 2.40. The van der Waals surface area contributed by atoms with E-state index in [0.717, 1.165) is 48.4 Å². The van der Waals surface area contributed by atoms with Crippen molar-refractivity contribution in [1.29, 1.82) is 5.41 Å². The molecule has 3 aromatic rings. The van der Waals surface area contributed by atoms with Crippen molar-refractivity contribution in [1.82, 2.24) is 19.4 Å². The molecule has 1 aromatic carbocycles. The number of nitrogens with zero attached hydrogens (tertiary/aromatic N) is 5. The molecule has 0 unspecified atom stereocenters. The lowest BCUT2D eigenvalue weighted by Crippen LogP contribution is -2.28. The molecule has 37 heavy (non-hydrogen) atoms. The number of Topliss-reactive ketones (excluding diaryl/α,β-unsaturated/α-hetero) is 1. The van der Waals surface area contributed by atoms with Crippen LogP contribution in [-0.2, 0) is 12.0 Å². The van der Waals surface area contributed by atoms with E-state index in [1.807, 2.05) is 40.7 Å². The molecule has 2 N–H and O–H groups in total. The van der Waals surface area contributed by atoms with E-state index < -0.39 is 0 Å². The number of aliphatic hydroxyl groups is 1. The first-order valence-corrected chi connectivity index (χ1v) is 12.8. The van der Waals surface area contributed by atoms with Crippen molar-refractivity contribution >= 4 is 17.2 Å². The number of nitrogens with one attached hydrogen (secondary N) is 1. The highest BCUT2D eigenvalue weighted by atomic mass is 16.5. The van der Waals surface area contributed by atoms with Crippen LogP contribution < -0.4 is 20.0 Å². The molecule has 200 valence electrons. The fraction of sp³-hybridized carbons (Fsp3) is 0.556. The van der Waals surface area contributed by atoms with Crippen LogP contribution in [0.3, 0.4) is 0 Å². The van der Waals surface area contributed by atoms with Crippen LogP contribution >= 0.6 is 0 Å². The second-order valence-electron chi connectivity index (χ2n) is 10.6. The van der Waals surface area contributed by atoms with Crippen molar-refractivity contribution in [3.8, 4) is 11.5 Å². The van der Waals surface area contributed by atoms with Gasteiger partial charge in [-0.1, -0.05) is 20.8 Å². The van der Waals surface area contributed by atoms with Gasteiger partial charge in [0.25, 0.3) is 0 Å². The molecule has 0 bridgehead atoms. The monoisotopic (exact) mass is 510 g/mol. The van der Waals surface area contributed by atoms with Crippen molar-refractivity contribution in [3.63, 3.8) is 0 Å². The number of ketones is 1. The summed E-state index contributed by atoms with van der Waals surface area (Å²) in [6.07, 6.45) is 2.74. The van der Waals surface area contributed by atoms with Crippen molar-refractivity contribution in [3.05, 3.63) is 40.0 Å². The first-order valence-electron chi connectivity index (χ1n) is 12.8. The van der Waals surface area contributed by atoms with Crippen molar-refractivity contribution < 1.29 is 19.4 Å². The second-order valence-corrected chi connectivity index (χ2v) is 10.6. The third kappa shape index (κ3) is 5.20. The maximum atomic E-state index is 13.5. The quantitative estimate of drug-likeness (QED) is 0.335. The first-order chi connectivity index (χ1) is 17.6. The van der Waals surface area contributed by atoms with Gasteiger partial charge in [-0.2, -0.15) is 4.52 Å². The van der Waals surface area contributed by atoms with Crippen molar-refractivity contribution in [2.75, 3.05) is 38.3 Å². The molecule has 4 rings (SSSR count). The minimum Gasteiger partial charge on any atom is -0.493 e. The van der Waals surface area contributed by atoms with Gasteiger partial charge in [0.05, 0.1) is 13.7 Å². The van der Waals surface area contributed by atoms with Crippen LogP contribution in [0, 0.1) is 19.3 Å². The normalized spacial score (nSPS) is 14.0.